The van der Waals surface area contributed by atoms with Crippen LogP contribution in [0.25, 0.3) is 0 Å². The molecule has 1 aliphatic heterocycles. The summed E-state index contributed by atoms with van der Waals surface area (Å²) >= 11 is 1.45. The smallest absolute Gasteiger partial charge is 0.230 e. The fourth-order valence-electron chi connectivity index (χ4n) is 2.44. The van der Waals surface area contributed by atoms with E-state index in [1.54, 1.807) is 24.3 Å². The van der Waals surface area contributed by atoms with E-state index in [-0.39, 0.29) is 10.8 Å². The molecule has 1 N–H and O–H groups in total. The SMILES string of the molecule is CS(=O)(=O)c1ccc(CNC(=O)CSC2=Nc3ccccc3C2)cc1. The summed E-state index contributed by atoms with van der Waals surface area (Å²) < 4.78 is 22.8. The van der Waals surface area contributed by atoms with E-state index in [0.717, 1.165) is 22.7 Å². The molecule has 1 heterocycles. The molecular formula is C18H18N2O3S2. The largest absolute Gasteiger partial charge is 0.351 e. The molecule has 0 fully saturated rings. The van der Waals surface area contributed by atoms with Gasteiger partial charge in [-0.05, 0) is 29.3 Å². The number of fused-ring (bicyclic) bond motifs is 1. The van der Waals surface area contributed by atoms with Crippen LogP contribution >= 0.6 is 11.8 Å². The Labute approximate surface area is 151 Å². The van der Waals surface area contributed by atoms with Crippen molar-refractivity contribution in [2.75, 3.05) is 12.0 Å². The molecule has 0 unspecified atom stereocenters. The predicted octanol–water partition coefficient (Wildman–Crippen LogP) is 2.73. The number of amides is 1. The van der Waals surface area contributed by atoms with Crippen molar-refractivity contribution in [1.82, 2.24) is 5.32 Å². The molecule has 130 valence electrons. The highest BCUT2D eigenvalue weighted by Gasteiger charge is 2.15. The monoisotopic (exact) mass is 374 g/mol. The van der Waals surface area contributed by atoms with Crippen LogP contribution in [0.5, 0.6) is 0 Å². The van der Waals surface area contributed by atoms with Crippen molar-refractivity contribution < 1.29 is 13.2 Å². The molecule has 1 aliphatic rings. The van der Waals surface area contributed by atoms with E-state index in [9.17, 15) is 13.2 Å². The van der Waals surface area contributed by atoms with E-state index in [0.29, 0.717) is 12.3 Å². The Balaban J connectivity index is 1.46. The number of rotatable bonds is 5. The number of sulfone groups is 1. The molecule has 0 saturated carbocycles. The van der Waals surface area contributed by atoms with E-state index in [1.807, 2.05) is 24.3 Å². The van der Waals surface area contributed by atoms with E-state index < -0.39 is 9.84 Å². The van der Waals surface area contributed by atoms with Crippen LogP contribution in [0.4, 0.5) is 5.69 Å². The van der Waals surface area contributed by atoms with E-state index in [1.165, 1.54) is 23.6 Å². The zero-order valence-electron chi connectivity index (χ0n) is 13.7. The maximum Gasteiger partial charge on any atom is 0.230 e. The van der Waals surface area contributed by atoms with Crippen molar-refractivity contribution in [2.24, 2.45) is 4.99 Å². The highest BCUT2D eigenvalue weighted by molar-refractivity contribution is 8.14. The third kappa shape index (κ3) is 4.70. The number of aliphatic imine (C=N–C) groups is 1. The Hall–Kier alpha value is -2.12. The first-order valence-electron chi connectivity index (χ1n) is 7.76. The summed E-state index contributed by atoms with van der Waals surface area (Å²) in [6.07, 6.45) is 1.95. The Morgan fingerprint density at radius 3 is 2.56 bits per heavy atom. The number of nitrogens with zero attached hydrogens (tertiary/aromatic N) is 1. The quantitative estimate of drug-likeness (QED) is 0.873. The summed E-state index contributed by atoms with van der Waals surface area (Å²) in [5, 5.41) is 3.79. The standard InChI is InChI=1S/C18H18N2O3S2/c1-25(22,23)15-8-6-13(7-9-15)11-19-17(21)12-24-18-10-14-4-2-3-5-16(14)20-18/h2-9H,10-12H2,1H3,(H,19,21). The zero-order valence-corrected chi connectivity index (χ0v) is 15.4. The van der Waals surface area contributed by atoms with Crippen molar-refractivity contribution in [3.05, 3.63) is 59.7 Å². The summed E-state index contributed by atoms with van der Waals surface area (Å²) in [6, 6.07) is 14.5. The fourth-order valence-corrected chi connectivity index (χ4v) is 3.90. The number of para-hydroxylation sites is 1. The Morgan fingerprint density at radius 1 is 1.16 bits per heavy atom. The van der Waals surface area contributed by atoms with Gasteiger partial charge < -0.3 is 5.32 Å². The van der Waals surface area contributed by atoms with Crippen molar-refractivity contribution in [2.45, 2.75) is 17.9 Å². The summed E-state index contributed by atoms with van der Waals surface area (Å²) in [5.74, 6) is 0.240. The molecule has 7 heteroatoms. The van der Waals surface area contributed by atoms with Gasteiger partial charge in [0.2, 0.25) is 5.91 Å². The minimum atomic E-state index is -3.20. The van der Waals surface area contributed by atoms with Crippen LogP contribution in [0.15, 0.2) is 58.4 Å². The maximum absolute atomic E-state index is 12.0. The van der Waals surface area contributed by atoms with Gasteiger partial charge in [0.25, 0.3) is 0 Å². The van der Waals surface area contributed by atoms with Crippen molar-refractivity contribution in [1.29, 1.82) is 0 Å². The van der Waals surface area contributed by atoms with Crippen molar-refractivity contribution >= 4 is 38.2 Å². The lowest BCUT2D eigenvalue weighted by Crippen LogP contribution is -2.25. The molecule has 0 bridgehead atoms. The number of carbonyl (C=O) groups excluding carboxylic acids is 1. The molecule has 0 radical (unpaired) electrons. The van der Waals surface area contributed by atoms with Gasteiger partial charge in [-0.3, -0.25) is 4.79 Å². The van der Waals surface area contributed by atoms with Crippen LogP contribution in [-0.2, 0) is 27.6 Å². The fraction of sp³-hybridized carbons (Fsp3) is 0.222. The van der Waals surface area contributed by atoms with Gasteiger partial charge in [0.05, 0.1) is 21.4 Å². The second-order valence-corrected chi connectivity index (χ2v) is 8.86. The molecule has 0 spiro atoms. The minimum Gasteiger partial charge on any atom is -0.351 e. The molecule has 0 saturated heterocycles. The lowest BCUT2D eigenvalue weighted by molar-refractivity contribution is -0.118. The highest BCUT2D eigenvalue weighted by atomic mass is 32.2. The molecule has 2 aromatic carbocycles. The molecule has 1 amide bonds. The Bertz CT molecular complexity index is 920. The van der Waals surface area contributed by atoms with Gasteiger partial charge in [0.1, 0.15) is 0 Å². The lowest BCUT2D eigenvalue weighted by atomic mass is 10.2. The van der Waals surface area contributed by atoms with Crippen molar-refractivity contribution in [3.8, 4) is 0 Å². The third-order valence-corrected chi connectivity index (χ3v) is 5.89. The summed E-state index contributed by atoms with van der Waals surface area (Å²) in [7, 11) is -3.20. The minimum absolute atomic E-state index is 0.0733. The first-order valence-corrected chi connectivity index (χ1v) is 10.6. The number of hydrogen-bond acceptors (Lipinski definition) is 5. The number of benzene rings is 2. The van der Waals surface area contributed by atoms with Gasteiger partial charge in [0, 0.05) is 19.2 Å². The van der Waals surface area contributed by atoms with Crippen LogP contribution < -0.4 is 5.32 Å². The van der Waals surface area contributed by atoms with Gasteiger partial charge in [-0.15, -0.1) is 11.8 Å². The zero-order chi connectivity index (χ0) is 17.9. The maximum atomic E-state index is 12.0. The summed E-state index contributed by atoms with van der Waals surface area (Å²) in [4.78, 5) is 16.8. The van der Waals surface area contributed by atoms with Gasteiger partial charge in [-0.25, -0.2) is 13.4 Å². The van der Waals surface area contributed by atoms with Crippen LogP contribution in [-0.4, -0.2) is 31.4 Å². The van der Waals surface area contributed by atoms with E-state index >= 15 is 0 Å². The summed E-state index contributed by atoms with van der Waals surface area (Å²) in [5.41, 5.74) is 3.03. The Morgan fingerprint density at radius 2 is 1.88 bits per heavy atom. The normalized spacial score (nSPS) is 13.2. The molecule has 2 aromatic rings. The van der Waals surface area contributed by atoms with Crippen LogP contribution in [0.1, 0.15) is 11.1 Å². The van der Waals surface area contributed by atoms with Crippen LogP contribution in [0, 0.1) is 0 Å². The average molecular weight is 374 g/mol. The molecule has 5 nitrogen and oxygen atoms in total. The topological polar surface area (TPSA) is 75.6 Å². The molecule has 3 rings (SSSR count). The number of thioether (sulfide) groups is 1. The molecule has 0 atom stereocenters. The summed E-state index contributed by atoms with van der Waals surface area (Å²) in [6.45, 7) is 0.371. The predicted molar refractivity (Wildman–Crippen MR) is 101 cm³/mol. The first kappa shape index (κ1) is 17.7. The van der Waals surface area contributed by atoms with Crippen LogP contribution in [0.3, 0.4) is 0 Å². The first-order chi connectivity index (χ1) is 11.9. The number of hydrogen-bond donors (Lipinski definition) is 1. The highest BCUT2D eigenvalue weighted by Crippen LogP contribution is 2.29. The Kier molecular flexibility index (Phi) is 5.24. The third-order valence-electron chi connectivity index (χ3n) is 3.79. The van der Waals surface area contributed by atoms with E-state index in [2.05, 4.69) is 10.3 Å². The molecule has 25 heavy (non-hydrogen) atoms. The van der Waals surface area contributed by atoms with Crippen LogP contribution in [0.2, 0.25) is 0 Å². The molecule has 0 aromatic heterocycles. The number of nitrogens with one attached hydrogen (secondary N) is 1. The van der Waals surface area contributed by atoms with Crippen molar-refractivity contribution in [3.63, 3.8) is 0 Å². The molecular weight excluding hydrogens is 356 g/mol. The molecule has 0 aliphatic carbocycles. The van der Waals surface area contributed by atoms with Gasteiger partial charge >= 0.3 is 0 Å². The second-order valence-electron chi connectivity index (χ2n) is 5.79. The number of carbonyl (C=O) groups is 1. The average Bonchev–Trinajstić information content (AvgIpc) is 3.00. The van der Waals surface area contributed by atoms with Gasteiger partial charge in [-0.1, -0.05) is 30.3 Å². The van der Waals surface area contributed by atoms with Gasteiger partial charge in [0.15, 0.2) is 9.84 Å². The second kappa shape index (κ2) is 7.41. The lowest BCUT2D eigenvalue weighted by Gasteiger charge is -2.06. The van der Waals surface area contributed by atoms with Gasteiger partial charge in [-0.2, -0.15) is 0 Å². The van der Waals surface area contributed by atoms with E-state index in [4.69, 9.17) is 0 Å².